The van der Waals surface area contributed by atoms with E-state index in [1.54, 1.807) is 4.90 Å². The smallest absolute Gasteiger partial charge is 0.411 e. The van der Waals surface area contributed by atoms with E-state index in [0.717, 1.165) is 18.4 Å². The maximum atomic E-state index is 12.7. The Kier molecular flexibility index (Phi) is 6.80. The summed E-state index contributed by atoms with van der Waals surface area (Å²) in [7, 11) is 0. The Labute approximate surface area is 172 Å². The zero-order valence-electron chi connectivity index (χ0n) is 17.7. The number of piperidine rings is 1. The number of rotatable bonds is 5. The van der Waals surface area contributed by atoms with Gasteiger partial charge in [-0.25, -0.2) is 4.79 Å². The van der Waals surface area contributed by atoms with E-state index in [1.165, 1.54) is 0 Å². The maximum Gasteiger partial charge on any atom is 0.411 e. The van der Waals surface area contributed by atoms with Crippen LogP contribution in [0, 0.1) is 5.92 Å². The van der Waals surface area contributed by atoms with Crippen molar-refractivity contribution in [3.05, 3.63) is 35.9 Å². The van der Waals surface area contributed by atoms with Gasteiger partial charge in [0.15, 0.2) is 0 Å². The molecule has 2 aliphatic rings. The standard InChI is InChI=1S/C22H32N2O5/c1-15-10-11-24(21(26)29-22(2,3)4)18(12-15)23-17-13-19(25)28-20(17)27-14-16-8-6-5-7-9-16/h5-9,15,17-18,20,23H,10-14H2,1-4H3. The largest absolute Gasteiger partial charge is 0.444 e. The fourth-order valence-corrected chi connectivity index (χ4v) is 3.66. The molecule has 1 aromatic rings. The van der Waals surface area contributed by atoms with E-state index in [-0.39, 0.29) is 30.7 Å². The highest BCUT2D eigenvalue weighted by Gasteiger charge is 2.40. The van der Waals surface area contributed by atoms with Gasteiger partial charge >= 0.3 is 12.1 Å². The lowest BCUT2D eigenvalue weighted by Crippen LogP contribution is -2.58. The Bertz CT molecular complexity index is 703. The molecule has 0 bridgehead atoms. The third kappa shape index (κ3) is 6.18. The van der Waals surface area contributed by atoms with Crippen LogP contribution in [0.1, 0.15) is 52.5 Å². The minimum atomic E-state index is -0.680. The van der Waals surface area contributed by atoms with Crippen molar-refractivity contribution in [2.75, 3.05) is 6.54 Å². The molecule has 2 fully saturated rings. The lowest BCUT2D eigenvalue weighted by atomic mass is 9.96. The third-order valence-corrected chi connectivity index (χ3v) is 5.12. The predicted molar refractivity (Wildman–Crippen MR) is 108 cm³/mol. The minimum Gasteiger partial charge on any atom is -0.444 e. The van der Waals surface area contributed by atoms with Crippen LogP contribution in [0.2, 0.25) is 0 Å². The second kappa shape index (κ2) is 9.13. The quantitative estimate of drug-likeness (QED) is 0.758. The molecule has 1 amide bonds. The van der Waals surface area contributed by atoms with Crippen molar-refractivity contribution in [2.45, 2.75) is 77.7 Å². The number of benzene rings is 1. The number of nitrogens with one attached hydrogen (secondary N) is 1. The summed E-state index contributed by atoms with van der Waals surface area (Å²) >= 11 is 0. The Morgan fingerprint density at radius 1 is 1.28 bits per heavy atom. The number of nitrogens with zero attached hydrogens (tertiary/aromatic N) is 1. The molecule has 4 unspecified atom stereocenters. The monoisotopic (exact) mass is 404 g/mol. The summed E-state index contributed by atoms with van der Waals surface area (Å²) in [5, 5.41) is 3.44. The fourth-order valence-electron chi connectivity index (χ4n) is 3.66. The predicted octanol–water partition coefficient (Wildman–Crippen LogP) is 3.43. The zero-order chi connectivity index (χ0) is 21.0. The van der Waals surface area contributed by atoms with E-state index in [0.29, 0.717) is 19.1 Å². The first kappa shape index (κ1) is 21.6. The van der Waals surface area contributed by atoms with Gasteiger partial charge in [0.05, 0.1) is 25.2 Å². The molecule has 3 rings (SSSR count). The Hall–Kier alpha value is -2.12. The van der Waals surface area contributed by atoms with Gasteiger partial charge in [-0.1, -0.05) is 37.3 Å². The average molecular weight is 405 g/mol. The van der Waals surface area contributed by atoms with Gasteiger partial charge < -0.3 is 14.2 Å². The van der Waals surface area contributed by atoms with Crippen LogP contribution in [0.4, 0.5) is 4.79 Å². The van der Waals surface area contributed by atoms with Crippen LogP contribution in [-0.2, 0) is 25.6 Å². The van der Waals surface area contributed by atoms with Crippen LogP contribution >= 0.6 is 0 Å². The molecule has 1 aromatic carbocycles. The van der Waals surface area contributed by atoms with E-state index in [2.05, 4.69) is 12.2 Å². The first-order valence-corrected chi connectivity index (χ1v) is 10.3. The van der Waals surface area contributed by atoms with E-state index in [4.69, 9.17) is 14.2 Å². The maximum absolute atomic E-state index is 12.7. The number of hydrogen-bond acceptors (Lipinski definition) is 6. The molecule has 7 nitrogen and oxygen atoms in total. The second-order valence-corrected chi connectivity index (χ2v) is 8.95. The Morgan fingerprint density at radius 2 is 2.00 bits per heavy atom. The first-order chi connectivity index (χ1) is 13.7. The van der Waals surface area contributed by atoms with Crippen molar-refractivity contribution in [3.63, 3.8) is 0 Å². The fraction of sp³-hybridized carbons (Fsp3) is 0.636. The van der Waals surface area contributed by atoms with Crippen LogP contribution in [0.3, 0.4) is 0 Å². The molecule has 160 valence electrons. The lowest BCUT2D eigenvalue weighted by Gasteiger charge is -2.40. The molecular weight excluding hydrogens is 372 g/mol. The van der Waals surface area contributed by atoms with Crippen molar-refractivity contribution in [1.82, 2.24) is 10.2 Å². The summed E-state index contributed by atoms with van der Waals surface area (Å²) in [5.74, 6) is 0.168. The molecule has 2 heterocycles. The average Bonchev–Trinajstić information content (AvgIpc) is 2.98. The number of esters is 1. The van der Waals surface area contributed by atoms with Crippen LogP contribution < -0.4 is 5.32 Å². The highest BCUT2D eigenvalue weighted by atomic mass is 16.7. The first-order valence-electron chi connectivity index (χ1n) is 10.3. The molecule has 0 spiro atoms. The van der Waals surface area contributed by atoms with Gasteiger partial charge in [0.2, 0.25) is 6.29 Å². The minimum absolute atomic E-state index is 0.215. The van der Waals surface area contributed by atoms with Crippen LogP contribution in [0.5, 0.6) is 0 Å². The zero-order valence-corrected chi connectivity index (χ0v) is 17.7. The van der Waals surface area contributed by atoms with Crippen molar-refractivity contribution < 1.29 is 23.8 Å². The van der Waals surface area contributed by atoms with Gasteiger partial charge in [-0.05, 0) is 45.1 Å². The number of amides is 1. The van der Waals surface area contributed by atoms with E-state index in [9.17, 15) is 9.59 Å². The summed E-state index contributed by atoms with van der Waals surface area (Å²) in [5.41, 5.74) is 0.453. The number of carbonyl (C=O) groups excluding carboxylic acids is 2. The highest BCUT2D eigenvalue weighted by molar-refractivity contribution is 5.72. The molecule has 0 saturated carbocycles. The van der Waals surface area contributed by atoms with Crippen molar-refractivity contribution >= 4 is 12.1 Å². The van der Waals surface area contributed by atoms with Crippen LogP contribution in [0.15, 0.2) is 30.3 Å². The van der Waals surface area contributed by atoms with E-state index < -0.39 is 11.9 Å². The van der Waals surface area contributed by atoms with Crippen molar-refractivity contribution in [1.29, 1.82) is 0 Å². The summed E-state index contributed by atoms with van der Waals surface area (Å²) in [6.45, 7) is 8.71. The molecule has 0 aromatic heterocycles. The molecule has 0 radical (unpaired) electrons. The van der Waals surface area contributed by atoms with E-state index >= 15 is 0 Å². The number of likely N-dealkylation sites (tertiary alicyclic amines) is 1. The highest BCUT2D eigenvalue weighted by Crippen LogP contribution is 2.26. The molecule has 2 saturated heterocycles. The lowest BCUT2D eigenvalue weighted by molar-refractivity contribution is -0.168. The molecule has 1 N–H and O–H groups in total. The van der Waals surface area contributed by atoms with Gasteiger partial charge in [-0.3, -0.25) is 15.0 Å². The molecule has 29 heavy (non-hydrogen) atoms. The molecule has 4 atom stereocenters. The summed E-state index contributed by atoms with van der Waals surface area (Å²) in [6, 6.07) is 9.44. The molecular formula is C22H32N2O5. The number of carbonyl (C=O) groups is 2. The van der Waals surface area contributed by atoms with Gasteiger partial charge in [-0.15, -0.1) is 0 Å². The van der Waals surface area contributed by atoms with Gasteiger partial charge in [0.1, 0.15) is 5.60 Å². The summed E-state index contributed by atoms with van der Waals surface area (Å²) in [6.07, 6.45) is 0.679. The summed E-state index contributed by atoms with van der Waals surface area (Å²) in [4.78, 5) is 26.4. The Morgan fingerprint density at radius 3 is 2.69 bits per heavy atom. The van der Waals surface area contributed by atoms with Gasteiger partial charge in [0.25, 0.3) is 0 Å². The van der Waals surface area contributed by atoms with Crippen LogP contribution in [-0.4, -0.2) is 47.6 Å². The van der Waals surface area contributed by atoms with Gasteiger partial charge in [-0.2, -0.15) is 0 Å². The van der Waals surface area contributed by atoms with Crippen LogP contribution in [0.25, 0.3) is 0 Å². The number of ether oxygens (including phenoxy) is 3. The topological polar surface area (TPSA) is 77.1 Å². The van der Waals surface area contributed by atoms with E-state index in [1.807, 2.05) is 51.1 Å². The van der Waals surface area contributed by atoms with Gasteiger partial charge in [0, 0.05) is 6.54 Å². The van der Waals surface area contributed by atoms with Crippen molar-refractivity contribution in [2.24, 2.45) is 5.92 Å². The second-order valence-electron chi connectivity index (χ2n) is 8.95. The summed E-state index contributed by atoms with van der Waals surface area (Å²) < 4.78 is 16.8. The number of hydrogen-bond donors (Lipinski definition) is 1. The number of cyclic esters (lactones) is 1. The molecule has 7 heteroatoms. The SMILES string of the molecule is CC1CCN(C(=O)OC(C)(C)C)C(NC2CC(=O)OC2OCc2ccccc2)C1. The Balaban J connectivity index is 1.64. The molecule has 0 aliphatic carbocycles. The normalized spacial score (nSPS) is 27.6. The molecule has 2 aliphatic heterocycles. The third-order valence-electron chi connectivity index (χ3n) is 5.12. The van der Waals surface area contributed by atoms with Crippen molar-refractivity contribution in [3.8, 4) is 0 Å².